The van der Waals surface area contributed by atoms with Gasteiger partial charge in [0.1, 0.15) is 0 Å². The molecule has 1 fully saturated rings. The molecule has 3 aromatic carbocycles. The van der Waals surface area contributed by atoms with Gasteiger partial charge in [-0.3, -0.25) is 14.4 Å². The van der Waals surface area contributed by atoms with Crippen LogP contribution in [0.15, 0.2) is 84.9 Å². The number of hydrogen-bond donors (Lipinski definition) is 4. The number of benzene rings is 3. The lowest BCUT2D eigenvalue weighted by Gasteiger charge is -2.28. The molecule has 9 heteroatoms. The highest BCUT2D eigenvalue weighted by atomic mass is 16.3. The molecule has 42 heavy (non-hydrogen) atoms. The second kappa shape index (κ2) is 12.2. The minimum atomic E-state index is -1.92. The van der Waals surface area contributed by atoms with Gasteiger partial charge in [-0.25, -0.2) is 0 Å². The van der Waals surface area contributed by atoms with Crippen LogP contribution in [0.3, 0.4) is 0 Å². The van der Waals surface area contributed by atoms with E-state index in [1.54, 1.807) is 71.3 Å². The minimum Gasteiger partial charge on any atom is -0.399 e. The summed E-state index contributed by atoms with van der Waals surface area (Å²) in [5, 5.41) is 24.5. The van der Waals surface area contributed by atoms with Gasteiger partial charge in [0.25, 0.3) is 11.8 Å². The topological polar surface area (TPSA) is 136 Å². The van der Waals surface area contributed by atoms with Crippen LogP contribution >= 0.6 is 0 Å². The maximum atomic E-state index is 13.9. The maximum Gasteiger partial charge on any atom is 0.264 e. The molecule has 3 aromatic rings. The first-order valence-corrected chi connectivity index (χ1v) is 14.2. The van der Waals surface area contributed by atoms with Gasteiger partial charge >= 0.3 is 0 Å². The highest BCUT2D eigenvalue weighted by molar-refractivity contribution is 6.09. The third kappa shape index (κ3) is 5.66. The van der Waals surface area contributed by atoms with E-state index in [1.807, 2.05) is 30.3 Å². The molecule has 2 aliphatic heterocycles. The van der Waals surface area contributed by atoms with Gasteiger partial charge in [-0.05, 0) is 60.9 Å². The van der Waals surface area contributed by atoms with Gasteiger partial charge in [0.05, 0.1) is 24.9 Å². The molecule has 9 nitrogen and oxygen atoms in total. The first kappa shape index (κ1) is 29.0. The van der Waals surface area contributed by atoms with Crippen LogP contribution in [-0.4, -0.2) is 52.0 Å². The maximum absolute atomic E-state index is 13.9. The van der Waals surface area contributed by atoms with Gasteiger partial charge < -0.3 is 31.1 Å². The number of aliphatic hydroxyl groups is 2. The number of aliphatic hydroxyl groups excluding tert-OH is 1. The van der Waals surface area contributed by atoms with Gasteiger partial charge in [0.15, 0.2) is 5.60 Å². The van der Waals surface area contributed by atoms with Gasteiger partial charge in [-0.15, -0.1) is 0 Å². The number of nitrogens with two attached hydrogens (primary N) is 1. The lowest BCUT2D eigenvalue weighted by molar-refractivity contribution is -0.139. The number of rotatable bonds is 9. The molecule has 0 unspecified atom stereocenters. The van der Waals surface area contributed by atoms with Crippen LogP contribution in [0.5, 0.6) is 0 Å². The number of nitrogens with zero attached hydrogens (tertiary/aromatic N) is 2. The molecular formula is C33H36N4O5. The highest BCUT2D eigenvalue weighted by Gasteiger charge is 2.52. The quantitative estimate of drug-likeness (QED) is 0.229. The third-order valence-corrected chi connectivity index (χ3v) is 8.17. The van der Waals surface area contributed by atoms with Crippen LogP contribution in [-0.2, 0) is 21.7 Å². The Morgan fingerprint density at radius 2 is 1.86 bits per heavy atom. The largest absolute Gasteiger partial charge is 0.399 e. The second-order valence-electron chi connectivity index (χ2n) is 10.9. The highest BCUT2D eigenvalue weighted by Crippen LogP contribution is 2.47. The molecule has 0 radical (unpaired) electrons. The fourth-order valence-corrected chi connectivity index (χ4v) is 5.77. The normalized spacial score (nSPS) is 20.6. The van der Waals surface area contributed by atoms with Crippen LogP contribution < -0.4 is 16.0 Å². The summed E-state index contributed by atoms with van der Waals surface area (Å²) in [4.78, 5) is 42.9. The summed E-state index contributed by atoms with van der Waals surface area (Å²) in [7, 11) is 0. The van der Waals surface area contributed by atoms with Gasteiger partial charge in [0.2, 0.25) is 5.91 Å². The average molecular weight is 569 g/mol. The first-order chi connectivity index (χ1) is 20.2. The van der Waals surface area contributed by atoms with Crippen molar-refractivity contribution in [2.45, 2.75) is 44.4 Å². The predicted molar refractivity (Wildman–Crippen MR) is 162 cm³/mol. The average Bonchev–Trinajstić information content (AvgIpc) is 3.56. The van der Waals surface area contributed by atoms with E-state index in [0.717, 1.165) is 18.4 Å². The van der Waals surface area contributed by atoms with E-state index >= 15 is 0 Å². The zero-order valence-corrected chi connectivity index (χ0v) is 23.6. The minimum absolute atomic E-state index is 0.0641. The Bertz CT molecular complexity index is 1490. The Morgan fingerprint density at radius 3 is 2.57 bits per heavy atom. The molecule has 0 aromatic heterocycles. The fourth-order valence-electron chi connectivity index (χ4n) is 5.77. The fraction of sp³-hybridized carbons (Fsp3) is 0.303. The molecule has 0 bridgehead atoms. The lowest BCUT2D eigenvalue weighted by Crippen LogP contribution is -2.44. The Kier molecular flexibility index (Phi) is 8.42. The van der Waals surface area contributed by atoms with Crippen LogP contribution in [0.1, 0.15) is 47.7 Å². The van der Waals surface area contributed by atoms with E-state index in [9.17, 15) is 24.6 Å². The number of nitrogens with one attached hydrogen (secondary N) is 1. The Hall–Kier alpha value is -4.47. The molecule has 2 heterocycles. The number of likely N-dealkylation sites (tertiary alicyclic amines) is 1. The molecule has 218 valence electrons. The van der Waals surface area contributed by atoms with E-state index in [0.29, 0.717) is 34.7 Å². The van der Waals surface area contributed by atoms with Gasteiger partial charge in [0, 0.05) is 41.4 Å². The number of carbonyl (C=O) groups excluding carboxylic acids is 3. The summed E-state index contributed by atoms with van der Waals surface area (Å²) in [6.45, 7) is 2.55. The van der Waals surface area contributed by atoms with E-state index < -0.39 is 17.4 Å². The lowest BCUT2D eigenvalue weighted by atomic mass is 9.82. The number of hydrogen-bond acceptors (Lipinski definition) is 6. The Balaban J connectivity index is 1.42. The van der Waals surface area contributed by atoms with Gasteiger partial charge in [-0.1, -0.05) is 49.4 Å². The van der Waals surface area contributed by atoms with Crippen molar-refractivity contribution in [3.63, 3.8) is 0 Å². The van der Waals surface area contributed by atoms with Crippen LogP contribution in [0.4, 0.5) is 17.1 Å². The van der Waals surface area contributed by atoms with E-state index in [1.165, 1.54) is 0 Å². The number of anilines is 3. The van der Waals surface area contributed by atoms with Crippen LogP contribution in [0, 0.1) is 5.92 Å². The van der Waals surface area contributed by atoms with Crippen LogP contribution in [0.2, 0.25) is 0 Å². The van der Waals surface area contributed by atoms with Crippen molar-refractivity contribution >= 4 is 34.8 Å². The summed E-state index contributed by atoms with van der Waals surface area (Å²) in [5.41, 5.74) is 7.05. The summed E-state index contributed by atoms with van der Waals surface area (Å²) in [6.07, 6.45) is 5.11. The molecular weight excluding hydrogens is 532 g/mol. The smallest absolute Gasteiger partial charge is 0.264 e. The molecule has 0 aliphatic carbocycles. The molecule has 5 rings (SSSR count). The Labute approximate surface area is 245 Å². The number of carbonyl (C=O) groups is 3. The molecule has 3 amide bonds. The number of fused-ring (bicyclic) bond motifs is 1. The Morgan fingerprint density at radius 1 is 1.12 bits per heavy atom. The standard InChI is InChI=1S/C33H36N4O5/c1-22(7-5-11-30(39)36-18-6-10-27(36)21-38)33(42)28-19-26(35-31(40)24-12-14-25(34)15-13-24)16-17-29(28)37(32(33)41)20-23-8-3-2-4-9-23/h2-5,7-9,12-17,19,22,27,38,42H,6,10-11,18,20-21,34H2,1H3,(H,35,40)/b7-5+/t22-,27-,33+/m0/s1. The van der Waals surface area contributed by atoms with Crippen molar-refractivity contribution < 1.29 is 24.6 Å². The van der Waals surface area contributed by atoms with Crippen molar-refractivity contribution in [1.29, 1.82) is 0 Å². The summed E-state index contributed by atoms with van der Waals surface area (Å²) in [5.74, 6) is -1.61. The van der Waals surface area contributed by atoms with E-state index in [2.05, 4.69) is 5.32 Å². The van der Waals surface area contributed by atoms with Crippen molar-refractivity contribution in [1.82, 2.24) is 4.90 Å². The van der Waals surface area contributed by atoms with Crippen molar-refractivity contribution in [2.24, 2.45) is 5.92 Å². The summed E-state index contributed by atoms with van der Waals surface area (Å²) in [6, 6.07) is 21.0. The zero-order valence-electron chi connectivity index (χ0n) is 23.6. The van der Waals surface area contributed by atoms with Gasteiger partial charge in [-0.2, -0.15) is 0 Å². The molecule has 0 spiro atoms. The number of amides is 3. The van der Waals surface area contributed by atoms with Crippen molar-refractivity contribution in [3.05, 3.63) is 102 Å². The monoisotopic (exact) mass is 568 g/mol. The molecule has 2 aliphatic rings. The number of nitrogen functional groups attached to an aromatic ring is 1. The first-order valence-electron chi connectivity index (χ1n) is 14.2. The van der Waals surface area contributed by atoms with Crippen molar-refractivity contribution in [3.8, 4) is 0 Å². The zero-order chi connectivity index (χ0) is 29.9. The molecule has 1 saturated heterocycles. The summed E-state index contributed by atoms with van der Waals surface area (Å²) < 4.78 is 0. The van der Waals surface area contributed by atoms with Crippen LogP contribution in [0.25, 0.3) is 0 Å². The molecule has 0 saturated carbocycles. The van der Waals surface area contributed by atoms with E-state index in [4.69, 9.17) is 5.73 Å². The summed E-state index contributed by atoms with van der Waals surface area (Å²) >= 11 is 0. The second-order valence-corrected chi connectivity index (χ2v) is 10.9. The predicted octanol–water partition coefficient (Wildman–Crippen LogP) is 3.82. The molecule has 5 N–H and O–H groups in total. The van der Waals surface area contributed by atoms with E-state index in [-0.39, 0.29) is 37.4 Å². The SMILES string of the molecule is C[C@@H](/C=C/CC(=O)N1CCC[C@H]1CO)[C@]1(O)C(=O)N(Cc2ccccc2)c2ccc(NC(=O)c3ccc(N)cc3)cc21. The van der Waals surface area contributed by atoms with Crippen molar-refractivity contribution in [2.75, 3.05) is 29.1 Å². The third-order valence-electron chi connectivity index (χ3n) is 8.17. The molecule has 3 atom stereocenters.